The number of methoxy groups -OCH3 is 2. The van der Waals surface area contributed by atoms with Crippen molar-refractivity contribution in [2.75, 3.05) is 32.0 Å². The molecule has 0 bridgehead atoms. The van der Waals surface area contributed by atoms with Gasteiger partial charge in [0.2, 0.25) is 10.0 Å². The van der Waals surface area contributed by atoms with Crippen molar-refractivity contribution < 1.29 is 26.3 Å². The van der Waals surface area contributed by atoms with E-state index in [0.717, 1.165) is 12.8 Å². The summed E-state index contributed by atoms with van der Waals surface area (Å²) in [4.78, 5) is 0.0870. The first-order valence-corrected chi connectivity index (χ1v) is 11.6. The van der Waals surface area contributed by atoms with E-state index in [-0.39, 0.29) is 21.2 Å². The monoisotopic (exact) mass is 426 g/mol. The van der Waals surface area contributed by atoms with Gasteiger partial charge in [0.15, 0.2) is 0 Å². The summed E-state index contributed by atoms with van der Waals surface area (Å²) in [5, 5.41) is 0. The second-order valence-corrected chi connectivity index (χ2v) is 9.85. The van der Waals surface area contributed by atoms with Crippen molar-refractivity contribution in [1.82, 2.24) is 4.31 Å². The summed E-state index contributed by atoms with van der Waals surface area (Å²) in [5.74, 6) is 0.604. The van der Waals surface area contributed by atoms with Gasteiger partial charge in [-0.3, -0.25) is 4.72 Å². The van der Waals surface area contributed by atoms with Crippen LogP contribution >= 0.6 is 0 Å². The van der Waals surface area contributed by atoms with Gasteiger partial charge in [-0.25, -0.2) is 16.8 Å². The number of anilines is 1. The maximum Gasteiger partial charge on any atom is 0.265 e. The molecule has 2 aromatic rings. The van der Waals surface area contributed by atoms with Crippen molar-refractivity contribution >= 4 is 25.7 Å². The second kappa shape index (κ2) is 7.98. The van der Waals surface area contributed by atoms with E-state index >= 15 is 0 Å². The lowest BCUT2D eigenvalue weighted by Gasteiger charge is -2.16. The van der Waals surface area contributed by atoms with E-state index in [9.17, 15) is 16.8 Å². The second-order valence-electron chi connectivity index (χ2n) is 6.26. The quantitative estimate of drug-likeness (QED) is 0.729. The highest BCUT2D eigenvalue weighted by molar-refractivity contribution is 7.92. The van der Waals surface area contributed by atoms with E-state index in [1.807, 2.05) is 0 Å². The Bertz CT molecular complexity index is 1040. The number of ether oxygens (including phenoxy) is 2. The van der Waals surface area contributed by atoms with Crippen LogP contribution in [-0.4, -0.2) is 48.4 Å². The molecule has 3 rings (SSSR count). The Morgan fingerprint density at radius 1 is 0.893 bits per heavy atom. The molecule has 1 fully saturated rings. The normalized spacial score (nSPS) is 15.4. The van der Waals surface area contributed by atoms with Gasteiger partial charge in [-0.05, 0) is 49.2 Å². The lowest BCUT2D eigenvalue weighted by atomic mass is 10.3. The van der Waals surface area contributed by atoms with Crippen molar-refractivity contribution in [2.45, 2.75) is 22.6 Å². The summed E-state index contributed by atoms with van der Waals surface area (Å²) >= 11 is 0. The number of benzene rings is 2. The third kappa shape index (κ3) is 4.08. The summed E-state index contributed by atoms with van der Waals surface area (Å²) in [7, 11) is -4.64. The predicted molar refractivity (Wildman–Crippen MR) is 105 cm³/mol. The molecule has 1 aliphatic heterocycles. The fourth-order valence-corrected chi connectivity index (χ4v) is 5.71. The lowest BCUT2D eigenvalue weighted by molar-refractivity contribution is 0.386. The van der Waals surface area contributed by atoms with Gasteiger partial charge in [-0.1, -0.05) is 0 Å². The van der Waals surface area contributed by atoms with Crippen LogP contribution in [0.4, 0.5) is 5.69 Å². The first kappa shape index (κ1) is 20.4. The number of nitrogens with one attached hydrogen (secondary N) is 1. The molecule has 0 spiro atoms. The molecule has 0 aromatic heterocycles. The zero-order valence-corrected chi connectivity index (χ0v) is 17.2. The minimum absolute atomic E-state index is 0.0513. The van der Waals surface area contributed by atoms with Crippen molar-refractivity contribution in [3.63, 3.8) is 0 Å². The van der Waals surface area contributed by atoms with E-state index in [1.165, 1.54) is 61.0 Å². The van der Waals surface area contributed by atoms with Crippen LogP contribution < -0.4 is 14.2 Å². The fraction of sp³-hybridized carbons (Fsp3) is 0.333. The molecule has 1 aliphatic rings. The van der Waals surface area contributed by atoms with Crippen molar-refractivity contribution in [2.24, 2.45) is 0 Å². The maximum atomic E-state index is 12.7. The third-order valence-corrected chi connectivity index (χ3v) is 7.80. The van der Waals surface area contributed by atoms with Crippen LogP contribution in [0.15, 0.2) is 52.3 Å². The van der Waals surface area contributed by atoms with Crippen molar-refractivity contribution in [3.8, 4) is 11.5 Å². The van der Waals surface area contributed by atoms with Crippen molar-refractivity contribution in [3.05, 3.63) is 42.5 Å². The number of sulfonamides is 2. The Morgan fingerprint density at radius 3 is 2.11 bits per heavy atom. The average molecular weight is 427 g/mol. The molecule has 0 atom stereocenters. The van der Waals surface area contributed by atoms with Crippen LogP contribution in [0.25, 0.3) is 0 Å². The van der Waals surface area contributed by atoms with Crippen LogP contribution in [0.3, 0.4) is 0 Å². The van der Waals surface area contributed by atoms with E-state index in [1.54, 1.807) is 0 Å². The Labute approximate surface area is 165 Å². The summed E-state index contributed by atoms with van der Waals surface area (Å²) in [6, 6.07) is 10.0. The highest BCUT2D eigenvalue weighted by atomic mass is 32.2. The molecule has 0 aliphatic carbocycles. The summed E-state index contributed by atoms with van der Waals surface area (Å²) < 4.78 is 64.6. The molecule has 1 heterocycles. The zero-order chi connectivity index (χ0) is 20.4. The molecule has 10 heteroatoms. The van der Waals surface area contributed by atoms with E-state index in [4.69, 9.17) is 9.47 Å². The van der Waals surface area contributed by atoms with Gasteiger partial charge >= 0.3 is 0 Å². The van der Waals surface area contributed by atoms with Crippen LogP contribution in [0, 0.1) is 0 Å². The van der Waals surface area contributed by atoms with Gasteiger partial charge in [0.05, 0.1) is 19.1 Å². The molecule has 28 heavy (non-hydrogen) atoms. The Hall–Kier alpha value is -2.30. The molecular weight excluding hydrogens is 404 g/mol. The number of hydrogen-bond donors (Lipinski definition) is 1. The summed E-state index contributed by atoms with van der Waals surface area (Å²) in [6.07, 6.45) is 1.70. The predicted octanol–water partition coefficient (Wildman–Crippen LogP) is 2.29. The first-order chi connectivity index (χ1) is 13.3. The molecule has 1 N–H and O–H groups in total. The highest BCUT2D eigenvalue weighted by Crippen LogP contribution is 2.30. The average Bonchev–Trinajstić information content (AvgIpc) is 3.23. The summed E-state index contributed by atoms with van der Waals surface area (Å²) in [5.41, 5.74) is 0.248. The van der Waals surface area contributed by atoms with Crippen LogP contribution in [0.1, 0.15) is 12.8 Å². The molecule has 152 valence electrons. The molecule has 0 amide bonds. The first-order valence-electron chi connectivity index (χ1n) is 8.63. The Balaban J connectivity index is 1.84. The van der Waals surface area contributed by atoms with Gasteiger partial charge in [0.1, 0.15) is 16.4 Å². The van der Waals surface area contributed by atoms with Gasteiger partial charge < -0.3 is 9.47 Å². The third-order valence-electron chi connectivity index (χ3n) is 4.47. The Morgan fingerprint density at radius 2 is 1.54 bits per heavy atom. The molecule has 8 nitrogen and oxygen atoms in total. The highest BCUT2D eigenvalue weighted by Gasteiger charge is 2.27. The maximum absolute atomic E-state index is 12.7. The number of hydrogen-bond acceptors (Lipinski definition) is 6. The van der Waals surface area contributed by atoms with Crippen LogP contribution in [0.5, 0.6) is 11.5 Å². The molecule has 0 saturated carbocycles. The smallest absolute Gasteiger partial charge is 0.265 e. The number of nitrogens with zero attached hydrogens (tertiary/aromatic N) is 1. The van der Waals surface area contributed by atoms with E-state index in [2.05, 4.69) is 4.72 Å². The Kier molecular flexibility index (Phi) is 5.82. The molecule has 0 radical (unpaired) electrons. The van der Waals surface area contributed by atoms with Crippen LogP contribution in [0.2, 0.25) is 0 Å². The van der Waals surface area contributed by atoms with Gasteiger partial charge in [-0.15, -0.1) is 0 Å². The van der Waals surface area contributed by atoms with Crippen molar-refractivity contribution in [1.29, 1.82) is 0 Å². The molecule has 0 unspecified atom stereocenters. The van der Waals surface area contributed by atoms with Gasteiger partial charge in [0, 0.05) is 24.8 Å². The minimum atomic E-state index is -3.94. The van der Waals surface area contributed by atoms with Gasteiger partial charge in [-0.2, -0.15) is 4.31 Å². The van der Waals surface area contributed by atoms with Gasteiger partial charge in [0.25, 0.3) is 10.0 Å². The lowest BCUT2D eigenvalue weighted by Crippen LogP contribution is -2.27. The van der Waals surface area contributed by atoms with E-state index < -0.39 is 20.0 Å². The topological polar surface area (TPSA) is 102 Å². The van der Waals surface area contributed by atoms with E-state index in [0.29, 0.717) is 18.8 Å². The minimum Gasteiger partial charge on any atom is -0.497 e. The molecule has 2 aromatic carbocycles. The molecular formula is C18H22N2O6S2. The number of rotatable bonds is 7. The standard InChI is InChI=1S/C18H22N2O6S2/c1-25-15-7-10-18(17(13-15)26-2)27(21,22)19-14-5-8-16(9-6-14)28(23,24)20-11-3-4-12-20/h5-10,13,19H,3-4,11-12H2,1-2H3. The van der Waals surface area contributed by atoms with Crippen LogP contribution in [-0.2, 0) is 20.0 Å². The SMILES string of the molecule is COc1ccc(S(=O)(=O)Nc2ccc(S(=O)(=O)N3CCCC3)cc2)c(OC)c1. The molecule has 1 saturated heterocycles. The fourth-order valence-electron chi connectivity index (χ4n) is 2.98. The zero-order valence-electron chi connectivity index (χ0n) is 15.6. The summed E-state index contributed by atoms with van der Waals surface area (Å²) in [6.45, 7) is 1.02. The largest absolute Gasteiger partial charge is 0.497 e.